The van der Waals surface area contributed by atoms with Gasteiger partial charge in [0.05, 0.1) is 18.6 Å². The number of pyridine rings is 1. The molecule has 1 unspecified atom stereocenters. The Kier molecular flexibility index (Phi) is 6.42. The van der Waals surface area contributed by atoms with Gasteiger partial charge in [0.15, 0.2) is 5.78 Å². The summed E-state index contributed by atoms with van der Waals surface area (Å²) in [6.45, 7) is 0. The van der Waals surface area contributed by atoms with Gasteiger partial charge >= 0.3 is 0 Å². The fourth-order valence-electron chi connectivity index (χ4n) is 3.61. The molecule has 0 saturated carbocycles. The molecule has 0 N–H and O–H groups in total. The van der Waals surface area contributed by atoms with E-state index in [2.05, 4.69) is 20.9 Å². The lowest BCUT2D eigenvalue weighted by molar-refractivity contribution is 0.0968. The molecule has 0 radical (unpaired) electrons. The zero-order chi connectivity index (χ0) is 22.7. The van der Waals surface area contributed by atoms with E-state index in [1.54, 1.807) is 30.5 Å². The molecule has 32 heavy (non-hydrogen) atoms. The first kappa shape index (κ1) is 21.8. The van der Waals surface area contributed by atoms with Crippen LogP contribution in [0.1, 0.15) is 27.4 Å². The lowest BCUT2D eigenvalue weighted by Crippen LogP contribution is -2.17. The van der Waals surface area contributed by atoms with E-state index in [4.69, 9.17) is 4.74 Å². The van der Waals surface area contributed by atoms with Crippen molar-refractivity contribution in [3.8, 4) is 17.0 Å². The van der Waals surface area contributed by atoms with Gasteiger partial charge in [0.25, 0.3) is 0 Å². The van der Waals surface area contributed by atoms with E-state index in [1.807, 2.05) is 36.4 Å². The van der Waals surface area contributed by atoms with Crippen LogP contribution in [-0.4, -0.2) is 17.9 Å². The van der Waals surface area contributed by atoms with Crippen LogP contribution in [0.25, 0.3) is 11.1 Å². The van der Waals surface area contributed by atoms with Crippen LogP contribution in [0.3, 0.4) is 0 Å². The fourth-order valence-corrected chi connectivity index (χ4v) is 3.87. The van der Waals surface area contributed by atoms with Gasteiger partial charge in [-0.05, 0) is 41.5 Å². The van der Waals surface area contributed by atoms with Gasteiger partial charge in [0.2, 0.25) is 5.88 Å². The van der Waals surface area contributed by atoms with Gasteiger partial charge < -0.3 is 4.74 Å². The van der Waals surface area contributed by atoms with Crippen LogP contribution in [0.5, 0.6) is 5.88 Å². The number of ether oxygens (including phenoxy) is 1. The van der Waals surface area contributed by atoms with Crippen molar-refractivity contribution < 1.29 is 18.3 Å². The highest BCUT2D eigenvalue weighted by molar-refractivity contribution is 9.10. The summed E-state index contributed by atoms with van der Waals surface area (Å²) in [6, 6.07) is 21.5. The largest absolute Gasteiger partial charge is 0.481 e. The van der Waals surface area contributed by atoms with Crippen molar-refractivity contribution in [2.75, 3.05) is 7.11 Å². The molecule has 1 atom stereocenters. The summed E-state index contributed by atoms with van der Waals surface area (Å²) in [5, 5.41) is 0. The predicted octanol–water partition coefficient (Wildman–Crippen LogP) is 6.81. The summed E-state index contributed by atoms with van der Waals surface area (Å²) in [5.74, 6) is -2.80. The molecule has 6 heteroatoms. The molecule has 1 heterocycles. The van der Waals surface area contributed by atoms with Gasteiger partial charge in [-0.3, -0.25) is 4.79 Å². The normalized spacial score (nSPS) is 11.8. The van der Waals surface area contributed by atoms with E-state index >= 15 is 0 Å². The summed E-state index contributed by atoms with van der Waals surface area (Å²) in [6.07, 6.45) is 1.66. The molecule has 0 aliphatic rings. The summed E-state index contributed by atoms with van der Waals surface area (Å²) in [5.41, 5.74) is 2.62. The Morgan fingerprint density at radius 3 is 2.31 bits per heavy atom. The van der Waals surface area contributed by atoms with Crippen LogP contribution >= 0.6 is 15.9 Å². The SMILES string of the molecule is COc1ncc(-c2ccc(Br)cc2)cc1C(C(=O)c1ccc(F)cc1F)c1ccccc1. The Hall–Kier alpha value is -3.38. The topological polar surface area (TPSA) is 39.2 Å². The first-order chi connectivity index (χ1) is 15.5. The highest BCUT2D eigenvalue weighted by Crippen LogP contribution is 2.36. The van der Waals surface area contributed by atoms with Crippen molar-refractivity contribution in [2.45, 2.75) is 5.92 Å². The molecule has 4 aromatic rings. The molecular weight excluding hydrogens is 476 g/mol. The molecule has 0 saturated heterocycles. The maximum absolute atomic E-state index is 14.5. The molecule has 0 amide bonds. The van der Waals surface area contributed by atoms with E-state index in [0.29, 0.717) is 17.2 Å². The monoisotopic (exact) mass is 493 g/mol. The summed E-state index contributed by atoms with van der Waals surface area (Å²) >= 11 is 3.42. The second-order valence-electron chi connectivity index (χ2n) is 7.16. The van der Waals surface area contributed by atoms with E-state index in [9.17, 15) is 13.6 Å². The van der Waals surface area contributed by atoms with Crippen LogP contribution in [0.4, 0.5) is 8.78 Å². The minimum Gasteiger partial charge on any atom is -0.481 e. The van der Waals surface area contributed by atoms with Gasteiger partial charge in [-0.2, -0.15) is 0 Å². The Balaban J connectivity index is 1.90. The number of hydrogen-bond acceptors (Lipinski definition) is 3. The van der Waals surface area contributed by atoms with Crippen molar-refractivity contribution in [1.29, 1.82) is 0 Å². The third-order valence-electron chi connectivity index (χ3n) is 5.15. The minimum absolute atomic E-state index is 0.198. The van der Waals surface area contributed by atoms with Crippen LogP contribution in [-0.2, 0) is 0 Å². The van der Waals surface area contributed by atoms with Gasteiger partial charge in [-0.25, -0.2) is 13.8 Å². The second-order valence-corrected chi connectivity index (χ2v) is 8.08. The summed E-state index contributed by atoms with van der Waals surface area (Å²) in [7, 11) is 1.47. The lowest BCUT2D eigenvalue weighted by Gasteiger charge is -2.20. The van der Waals surface area contributed by atoms with Gasteiger partial charge in [0.1, 0.15) is 11.6 Å². The Morgan fingerprint density at radius 1 is 0.938 bits per heavy atom. The highest BCUT2D eigenvalue weighted by Gasteiger charge is 2.30. The quantitative estimate of drug-likeness (QED) is 0.277. The van der Waals surface area contributed by atoms with Gasteiger partial charge in [-0.1, -0.05) is 58.4 Å². The molecule has 160 valence electrons. The smallest absolute Gasteiger partial charge is 0.217 e. The number of Topliss-reactive ketones (excluding diaryl/α,β-unsaturated/α-hetero) is 1. The number of carbonyl (C=O) groups is 1. The number of carbonyl (C=O) groups excluding carboxylic acids is 1. The van der Waals surface area contributed by atoms with E-state index in [-0.39, 0.29) is 11.4 Å². The minimum atomic E-state index is -0.910. The van der Waals surface area contributed by atoms with Crippen LogP contribution in [0, 0.1) is 11.6 Å². The van der Waals surface area contributed by atoms with E-state index in [1.165, 1.54) is 13.2 Å². The number of nitrogens with zero attached hydrogens (tertiary/aromatic N) is 1. The number of rotatable bonds is 6. The van der Waals surface area contributed by atoms with Crippen molar-refractivity contribution in [3.63, 3.8) is 0 Å². The van der Waals surface area contributed by atoms with Crippen LogP contribution < -0.4 is 4.74 Å². The van der Waals surface area contributed by atoms with Crippen molar-refractivity contribution in [2.24, 2.45) is 0 Å². The van der Waals surface area contributed by atoms with Crippen molar-refractivity contribution in [3.05, 3.63) is 118 Å². The first-order valence-corrected chi connectivity index (χ1v) is 10.6. The molecule has 4 rings (SSSR count). The third kappa shape index (κ3) is 4.46. The van der Waals surface area contributed by atoms with Crippen LogP contribution in [0.2, 0.25) is 0 Å². The van der Waals surface area contributed by atoms with Crippen molar-refractivity contribution in [1.82, 2.24) is 4.98 Å². The fraction of sp³-hybridized carbons (Fsp3) is 0.0769. The van der Waals surface area contributed by atoms with E-state index in [0.717, 1.165) is 21.7 Å². The summed E-state index contributed by atoms with van der Waals surface area (Å²) in [4.78, 5) is 18.0. The first-order valence-electron chi connectivity index (χ1n) is 9.82. The number of hydrogen-bond donors (Lipinski definition) is 0. The number of aromatic nitrogens is 1. The average Bonchev–Trinajstić information content (AvgIpc) is 2.80. The lowest BCUT2D eigenvalue weighted by atomic mass is 9.84. The zero-order valence-corrected chi connectivity index (χ0v) is 18.6. The molecule has 3 nitrogen and oxygen atoms in total. The summed E-state index contributed by atoms with van der Waals surface area (Å²) < 4.78 is 34.4. The molecule has 0 aliphatic carbocycles. The maximum atomic E-state index is 14.5. The number of ketones is 1. The van der Waals surface area contributed by atoms with Gasteiger partial charge in [0, 0.05) is 27.9 Å². The predicted molar refractivity (Wildman–Crippen MR) is 123 cm³/mol. The molecular formula is C26H18BrF2NO2. The molecule has 3 aromatic carbocycles. The van der Waals surface area contributed by atoms with Gasteiger partial charge in [-0.15, -0.1) is 0 Å². The molecule has 1 aromatic heterocycles. The third-order valence-corrected chi connectivity index (χ3v) is 5.68. The molecule has 0 spiro atoms. The standard InChI is InChI=1S/C26H18BrF2NO2/c1-32-26-22(13-18(15-30-26)16-7-9-19(27)10-8-16)24(17-5-3-2-4-6-17)25(31)21-12-11-20(28)14-23(21)29/h2-15,24H,1H3. The average molecular weight is 494 g/mol. The molecule has 0 fully saturated rings. The van der Waals surface area contributed by atoms with Crippen molar-refractivity contribution >= 4 is 21.7 Å². The number of halogens is 3. The van der Waals surface area contributed by atoms with E-state index < -0.39 is 23.3 Å². The second kappa shape index (κ2) is 9.40. The highest BCUT2D eigenvalue weighted by atomic mass is 79.9. The van der Waals surface area contributed by atoms with Crippen LogP contribution in [0.15, 0.2) is 89.5 Å². The maximum Gasteiger partial charge on any atom is 0.217 e. The number of benzene rings is 3. The molecule has 0 aliphatic heterocycles. The Bertz CT molecular complexity index is 1260. The number of methoxy groups -OCH3 is 1. The Labute approximate surface area is 192 Å². The molecule has 0 bridgehead atoms. The Morgan fingerprint density at radius 2 is 1.66 bits per heavy atom. The zero-order valence-electron chi connectivity index (χ0n) is 17.1.